The van der Waals surface area contributed by atoms with E-state index in [1.54, 1.807) is 7.11 Å². The van der Waals surface area contributed by atoms with Gasteiger partial charge in [0.25, 0.3) is 0 Å². The lowest BCUT2D eigenvalue weighted by Gasteiger charge is -2.25. The van der Waals surface area contributed by atoms with Gasteiger partial charge in [-0.2, -0.15) is 0 Å². The Morgan fingerprint density at radius 1 is 1.18 bits per heavy atom. The summed E-state index contributed by atoms with van der Waals surface area (Å²) in [7, 11) is 3.91. The van der Waals surface area contributed by atoms with Crippen LogP contribution in [0.15, 0.2) is 0 Å². The molecular formula is C17H24N2O3. The van der Waals surface area contributed by atoms with E-state index in [0.717, 1.165) is 62.8 Å². The quantitative estimate of drug-likeness (QED) is 0.917. The fourth-order valence-electron chi connectivity index (χ4n) is 4.28. The average molecular weight is 304 g/mol. The number of fused-ring (bicyclic) bond motifs is 2. The maximum absolute atomic E-state index is 6.03. The average Bonchev–Trinajstić information content (AvgIpc) is 3.23. The molecule has 1 aromatic rings. The van der Waals surface area contributed by atoms with E-state index in [-0.39, 0.29) is 0 Å². The van der Waals surface area contributed by atoms with Crippen LogP contribution in [0.3, 0.4) is 0 Å². The number of ether oxygens (including phenoxy) is 3. The number of hydrogen-bond donors (Lipinski definition) is 1. The highest BCUT2D eigenvalue weighted by molar-refractivity contribution is 5.66. The summed E-state index contributed by atoms with van der Waals surface area (Å²) in [6.45, 7) is 3.27. The number of benzene rings is 1. The molecular weight excluding hydrogens is 280 g/mol. The minimum absolute atomic E-state index is 0.377. The summed E-state index contributed by atoms with van der Waals surface area (Å²) in [4.78, 5) is 2.42. The summed E-state index contributed by atoms with van der Waals surface area (Å²) in [6.07, 6.45) is 2.94. The van der Waals surface area contributed by atoms with Gasteiger partial charge < -0.3 is 19.9 Å². The molecule has 5 nitrogen and oxygen atoms in total. The van der Waals surface area contributed by atoms with Crippen LogP contribution in [0.2, 0.25) is 0 Å². The summed E-state index contributed by atoms with van der Waals surface area (Å²) >= 11 is 0. The van der Waals surface area contributed by atoms with Gasteiger partial charge >= 0.3 is 0 Å². The molecule has 0 aliphatic carbocycles. The van der Waals surface area contributed by atoms with E-state index in [0.29, 0.717) is 12.0 Å². The van der Waals surface area contributed by atoms with E-state index in [1.165, 1.54) is 16.7 Å². The fourth-order valence-corrected chi connectivity index (χ4v) is 4.28. The van der Waals surface area contributed by atoms with Crippen molar-refractivity contribution < 1.29 is 14.2 Å². The van der Waals surface area contributed by atoms with E-state index < -0.39 is 0 Å². The molecule has 1 fully saturated rings. The molecule has 5 heteroatoms. The summed E-state index contributed by atoms with van der Waals surface area (Å²) in [5.74, 6) is 3.45. The Hall–Kier alpha value is -1.46. The third-order valence-electron chi connectivity index (χ3n) is 5.30. The molecule has 0 saturated carbocycles. The Balaban J connectivity index is 1.86. The van der Waals surface area contributed by atoms with E-state index in [1.807, 2.05) is 0 Å². The number of rotatable bonds is 3. The van der Waals surface area contributed by atoms with Crippen LogP contribution >= 0.6 is 0 Å². The second-order valence-corrected chi connectivity index (χ2v) is 6.55. The Kier molecular flexibility index (Phi) is 3.42. The van der Waals surface area contributed by atoms with Crippen LogP contribution in [0.5, 0.6) is 17.2 Å². The monoisotopic (exact) mass is 304 g/mol. The highest BCUT2D eigenvalue weighted by atomic mass is 16.5. The predicted molar refractivity (Wildman–Crippen MR) is 83.9 cm³/mol. The van der Waals surface area contributed by atoms with Gasteiger partial charge in [0.15, 0.2) is 11.5 Å². The Bertz CT molecular complexity index is 567. The van der Waals surface area contributed by atoms with Crippen LogP contribution in [0.25, 0.3) is 0 Å². The van der Waals surface area contributed by atoms with Gasteiger partial charge in [-0.05, 0) is 25.9 Å². The van der Waals surface area contributed by atoms with Crippen molar-refractivity contribution in [1.82, 2.24) is 4.90 Å². The van der Waals surface area contributed by atoms with Crippen molar-refractivity contribution in [3.8, 4) is 17.2 Å². The second-order valence-electron chi connectivity index (χ2n) is 6.55. The van der Waals surface area contributed by atoms with Gasteiger partial charge in [-0.25, -0.2) is 0 Å². The van der Waals surface area contributed by atoms with Gasteiger partial charge in [0.05, 0.1) is 20.3 Å². The van der Waals surface area contributed by atoms with Gasteiger partial charge in [0.2, 0.25) is 0 Å². The van der Waals surface area contributed by atoms with Crippen LogP contribution in [-0.2, 0) is 12.8 Å². The van der Waals surface area contributed by atoms with Crippen LogP contribution in [-0.4, -0.2) is 45.4 Å². The minimum Gasteiger partial charge on any atom is -0.492 e. The maximum Gasteiger partial charge on any atom is 0.168 e. The summed E-state index contributed by atoms with van der Waals surface area (Å²) in [5, 5.41) is 0. The first-order valence-electron chi connectivity index (χ1n) is 8.16. The van der Waals surface area contributed by atoms with Crippen molar-refractivity contribution in [1.29, 1.82) is 0 Å². The molecule has 3 heterocycles. The molecule has 22 heavy (non-hydrogen) atoms. The molecule has 0 aromatic heterocycles. The molecule has 3 aliphatic rings. The number of nitrogens with zero attached hydrogens (tertiary/aromatic N) is 1. The molecule has 4 rings (SSSR count). The Labute approximate surface area is 131 Å². The molecule has 1 aromatic carbocycles. The molecule has 0 bridgehead atoms. The standard InChI is InChI=1S/C17H24N2O3/c1-19-9-10(8-18)7-13(19)14-11-3-5-22-17(11)16(20-2)12-4-6-21-15(12)14/h10,13H,3-9,18H2,1-2H3. The molecule has 120 valence electrons. The first-order valence-corrected chi connectivity index (χ1v) is 8.16. The molecule has 2 atom stereocenters. The third kappa shape index (κ3) is 1.92. The SMILES string of the molecule is COc1c2c(c(C3CC(CN)CN3C)c3c1OCC3)OCC2. The van der Waals surface area contributed by atoms with E-state index >= 15 is 0 Å². The van der Waals surface area contributed by atoms with Crippen molar-refractivity contribution in [2.45, 2.75) is 25.3 Å². The van der Waals surface area contributed by atoms with E-state index in [4.69, 9.17) is 19.9 Å². The largest absolute Gasteiger partial charge is 0.492 e. The maximum atomic E-state index is 6.03. The summed E-state index contributed by atoms with van der Waals surface area (Å²) in [5.41, 5.74) is 9.70. The summed E-state index contributed by atoms with van der Waals surface area (Å²) < 4.78 is 17.6. The van der Waals surface area contributed by atoms with Crippen LogP contribution in [0.4, 0.5) is 0 Å². The zero-order valence-corrected chi connectivity index (χ0v) is 13.4. The molecule has 3 aliphatic heterocycles. The van der Waals surface area contributed by atoms with Crippen molar-refractivity contribution >= 4 is 0 Å². The molecule has 0 radical (unpaired) electrons. The van der Waals surface area contributed by atoms with Crippen molar-refractivity contribution in [3.05, 3.63) is 16.7 Å². The predicted octanol–water partition coefficient (Wildman–Crippen LogP) is 1.52. The van der Waals surface area contributed by atoms with Crippen molar-refractivity contribution in [2.75, 3.05) is 40.5 Å². The number of hydrogen-bond acceptors (Lipinski definition) is 5. The molecule has 2 unspecified atom stereocenters. The Morgan fingerprint density at radius 2 is 1.91 bits per heavy atom. The van der Waals surface area contributed by atoms with Crippen LogP contribution in [0.1, 0.15) is 29.2 Å². The van der Waals surface area contributed by atoms with Crippen molar-refractivity contribution in [3.63, 3.8) is 0 Å². The van der Waals surface area contributed by atoms with Crippen molar-refractivity contribution in [2.24, 2.45) is 11.7 Å². The fraction of sp³-hybridized carbons (Fsp3) is 0.647. The number of nitrogens with two attached hydrogens (primary N) is 1. The highest BCUT2D eigenvalue weighted by Gasteiger charge is 2.39. The molecule has 0 spiro atoms. The topological polar surface area (TPSA) is 57.0 Å². The minimum atomic E-state index is 0.377. The van der Waals surface area contributed by atoms with Gasteiger partial charge in [-0.15, -0.1) is 0 Å². The number of methoxy groups -OCH3 is 1. The number of likely N-dealkylation sites (tertiary alicyclic amines) is 1. The van der Waals surface area contributed by atoms with Gasteiger partial charge in [0.1, 0.15) is 5.75 Å². The zero-order chi connectivity index (χ0) is 15.3. The lowest BCUT2D eigenvalue weighted by molar-refractivity contribution is 0.295. The lowest BCUT2D eigenvalue weighted by atomic mass is 9.90. The van der Waals surface area contributed by atoms with E-state index in [9.17, 15) is 0 Å². The first-order chi connectivity index (χ1) is 10.7. The van der Waals surface area contributed by atoms with E-state index in [2.05, 4.69) is 11.9 Å². The second kappa shape index (κ2) is 5.32. The van der Waals surface area contributed by atoms with Gasteiger partial charge in [-0.3, -0.25) is 4.90 Å². The first kappa shape index (κ1) is 14.2. The molecule has 0 amide bonds. The molecule has 1 saturated heterocycles. The Morgan fingerprint density at radius 3 is 2.59 bits per heavy atom. The van der Waals surface area contributed by atoms with Crippen LogP contribution < -0.4 is 19.9 Å². The summed E-state index contributed by atoms with van der Waals surface area (Å²) in [6, 6.07) is 0.377. The lowest BCUT2D eigenvalue weighted by Crippen LogP contribution is -2.21. The normalized spacial score (nSPS) is 26.5. The van der Waals surface area contributed by atoms with Gasteiger partial charge in [0, 0.05) is 42.1 Å². The third-order valence-corrected chi connectivity index (χ3v) is 5.30. The van der Waals surface area contributed by atoms with Crippen LogP contribution in [0, 0.1) is 5.92 Å². The van der Waals surface area contributed by atoms with Gasteiger partial charge in [-0.1, -0.05) is 0 Å². The molecule has 2 N–H and O–H groups in total. The smallest absolute Gasteiger partial charge is 0.168 e. The zero-order valence-electron chi connectivity index (χ0n) is 13.4. The highest BCUT2D eigenvalue weighted by Crippen LogP contribution is 2.53.